The van der Waals surface area contributed by atoms with Crippen LogP contribution in [0.3, 0.4) is 0 Å². The van der Waals surface area contributed by atoms with E-state index < -0.39 is 0 Å². The second kappa shape index (κ2) is 5.31. The number of ether oxygens (including phenoxy) is 1. The van der Waals surface area contributed by atoms with Crippen molar-refractivity contribution in [2.75, 3.05) is 13.2 Å². The Morgan fingerprint density at radius 1 is 1.43 bits per heavy atom. The molecule has 0 aliphatic carbocycles. The molecule has 0 unspecified atom stereocenters. The smallest absolute Gasteiger partial charge is 0.122 e. The van der Waals surface area contributed by atoms with Crippen molar-refractivity contribution in [2.24, 2.45) is 0 Å². The molecule has 1 rings (SSSR count). The van der Waals surface area contributed by atoms with Gasteiger partial charge in [0.15, 0.2) is 0 Å². The largest absolute Gasteiger partial charge is 0.494 e. The van der Waals surface area contributed by atoms with Crippen LogP contribution in [0.4, 0.5) is 0 Å². The second-order valence-electron chi connectivity index (χ2n) is 2.87. The van der Waals surface area contributed by atoms with E-state index in [9.17, 15) is 0 Å². The summed E-state index contributed by atoms with van der Waals surface area (Å²) in [4.78, 5) is 0. The first-order chi connectivity index (χ1) is 6.77. The zero-order valence-corrected chi connectivity index (χ0v) is 8.50. The molecule has 0 aromatic heterocycles. The van der Waals surface area contributed by atoms with Gasteiger partial charge < -0.3 is 9.84 Å². The Bertz CT molecular complexity index is 358. The minimum absolute atomic E-state index is 0.105. The topological polar surface area (TPSA) is 29.5 Å². The van der Waals surface area contributed by atoms with Gasteiger partial charge in [-0.25, -0.2) is 0 Å². The molecule has 0 aliphatic rings. The summed E-state index contributed by atoms with van der Waals surface area (Å²) in [6.45, 7) is 4.50. The van der Waals surface area contributed by atoms with Crippen molar-refractivity contribution in [2.45, 2.75) is 13.8 Å². The van der Waals surface area contributed by atoms with Gasteiger partial charge in [-0.05, 0) is 37.6 Å². The van der Waals surface area contributed by atoms with Gasteiger partial charge in [0, 0.05) is 5.56 Å². The van der Waals surface area contributed by atoms with E-state index in [0.717, 1.165) is 16.9 Å². The van der Waals surface area contributed by atoms with Gasteiger partial charge in [0.2, 0.25) is 0 Å². The maximum absolute atomic E-state index is 8.54. The van der Waals surface area contributed by atoms with Crippen molar-refractivity contribution < 1.29 is 9.84 Å². The Balaban J connectivity index is 2.88. The molecule has 2 nitrogen and oxygen atoms in total. The van der Waals surface area contributed by atoms with E-state index in [1.165, 1.54) is 0 Å². The number of hydrogen-bond donors (Lipinski definition) is 1. The van der Waals surface area contributed by atoms with Gasteiger partial charge >= 0.3 is 0 Å². The van der Waals surface area contributed by atoms with Crippen LogP contribution in [-0.4, -0.2) is 18.3 Å². The Kier molecular flexibility index (Phi) is 4.03. The summed E-state index contributed by atoms with van der Waals surface area (Å²) >= 11 is 0. The Morgan fingerprint density at radius 3 is 2.79 bits per heavy atom. The number of hydrogen-bond acceptors (Lipinski definition) is 2. The molecule has 1 aromatic rings. The lowest BCUT2D eigenvalue weighted by molar-refractivity contribution is 0.338. The van der Waals surface area contributed by atoms with Crippen molar-refractivity contribution in [1.29, 1.82) is 0 Å². The molecule has 2 heteroatoms. The van der Waals surface area contributed by atoms with Crippen molar-refractivity contribution >= 4 is 0 Å². The van der Waals surface area contributed by atoms with E-state index in [0.29, 0.717) is 6.61 Å². The van der Waals surface area contributed by atoms with E-state index >= 15 is 0 Å². The Morgan fingerprint density at radius 2 is 2.21 bits per heavy atom. The van der Waals surface area contributed by atoms with Crippen LogP contribution in [0.15, 0.2) is 18.2 Å². The van der Waals surface area contributed by atoms with E-state index in [4.69, 9.17) is 9.84 Å². The predicted molar refractivity (Wildman–Crippen MR) is 56.3 cm³/mol. The van der Waals surface area contributed by atoms with E-state index in [1.54, 1.807) is 0 Å². The standard InChI is InChI=1S/C12H14O2/c1-3-14-12-7-6-11(5-4-8-13)9-10(12)2/h6-7,9,13H,3,8H2,1-2H3. The maximum atomic E-state index is 8.54. The first-order valence-electron chi connectivity index (χ1n) is 4.61. The lowest BCUT2D eigenvalue weighted by Gasteiger charge is -2.06. The molecular formula is C12H14O2. The Labute approximate surface area is 84.5 Å². The quantitative estimate of drug-likeness (QED) is 0.720. The van der Waals surface area contributed by atoms with Crippen LogP contribution in [0.5, 0.6) is 5.75 Å². The van der Waals surface area contributed by atoms with Crippen LogP contribution in [0.25, 0.3) is 0 Å². The summed E-state index contributed by atoms with van der Waals surface area (Å²) in [7, 11) is 0. The molecule has 0 amide bonds. The zero-order valence-electron chi connectivity index (χ0n) is 8.50. The average molecular weight is 190 g/mol. The number of aliphatic hydroxyl groups is 1. The average Bonchev–Trinajstić information content (AvgIpc) is 2.19. The SMILES string of the molecule is CCOc1ccc(C#CCO)cc1C. The number of aliphatic hydroxyl groups excluding tert-OH is 1. The molecule has 14 heavy (non-hydrogen) atoms. The van der Waals surface area contributed by atoms with Crippen LogP contribution in [0, 0.1) is 18.8 Å². The van der Waals surface area contributed by atoms with Crippen LogP contribution in [0.1, 0.15) is 18.1 Å². The summed E-state index contributed by atoms with van der Waals surface area (Å²) in [6, 6.07) is 5.74. The number of aryl methyl sites for hydroxylation is 1. The van der Waals surface area contributed by atoms with Gasteiger partial charge in [0.05, 0.1) is 6.61 Å². The summed E-state index contributed by atoms with van der Waals surface area (Å²) in [5.74, 6) is 6.35. The molecule has 0 saturated heterocycles. The third-order valence-electron chi connectivity index (χ3n) is 1.79. The highest BCUT2D eigenvalue weighted by atomic mass is 16.5. The number of rotatable bonds is 2. The predicted octanol–water partition coefficient (Wildman–Crippen LogP) is 1.74. The van der Waals surface area contributed by atoms with Gasteiger partial charge in [-0.1, -0.05) is 11.8 Å². The molecule has 0 heterocycles. The minimum atomic E-state index is -0.105. The van der Waals surface area contributed by atoms with Crippen LogP contribution < -0.4 is 4.74 Å². The highest BCUT2D eigenvalue weighted by Gasteiger charge is 1.98. The van der Waals surface area contributed by atoms with Gasteiger partial charge in [-0.2, -0.15) is 0 Å². The molecule has 0 radical (unpaired) electrons. The molecule has 0 saturated carbocycles. The molecule has 0 atom stereocenters. The Hall–Kier alpha value is -1.46. The van der Waals surface area contributed by atoms with Crippen LogP contribution in [0.2, 0.25) is 0 Å². The third-order valence-corrected chi connectivity index (χ3v) is 1.79. The third kappa shape index (κ3) is 2.79. The first-order valence-corrected chi connectivity index (χ1v) is 4.61. The van der Waals surface area contributed by atoms with Gasteiger partial charge in [-0.15, -0.1) is 0 Å². The molecule has 0 spiro atoms. The molecule has 74 valence electrons. The fourth-order valence-corrected chi connectivity index (χ4v) is 1.19. The van der Waals surface area contributed by atoms with Crippen LogP contribution in [-0.2, 0) is 0 Å². The van der Waals surface area contributed by atoms with Crippen LogP contribution >= 0.6 is 0 Å². The van der Waals surface area contributed by atoms with E-state index in [1.807, 2.05) is 32.0 Å². The van der Waals surface area contributed by atoms with Gasteiger partial charge in [0.1, 0.15) is 12.4 Å². The van der Waals surface area contributed by atoms with E-state index in [-0.39, 0.29) is 6.61 Å². The highest BCUT2D eigenvalue weighted by Crippen LogP contribution is 2.18. The molecule has 1 aromatic carbocycles. The molecule has 0 bridgehead atoms. The summed E-state index contributed by atoms with van der Waals surface area (Å²) < 4.78 is 5.40. The fourth-order valence-electron chi connectivity index (χ4n) is 1.19. The molecular weight excluding hydrogens is 176 g/mol. The van der Waals surface area contributed by atoms with E-state index in [2.05, 4.69) is 11.8 Å². The normalized spacial score (nSPS) is 9.07. The zero-order chi connectivity index (χ0) is 10.4. The summed E-state index contributed by atoms with van der Waals surface area (Å²) in [5.41, 5.74) is 1.97. The fraction of sp³-hybridized carbons (Fsp3) is 0.333. The second-order valence-corrected chi connectivity index (χ2v) is 2.87. The number of benzene rings is 1. The maximum Gasteiger partial charge on any atom is 0.122 e. The van der Waals surface area contributed by atoms with Gasteiger partial charge in [0.25, 0.3) is 0 Å². The summed E-state index contributed by atoms with van der Waals surface area (Å²) in [6.07, 6.45) is 0. The lowest BCUT2D eigenvalue weighted by atomic mass is 10.1. The highest BCUT2D eigenvalue weighted by molar-refractivity contribution is 5.43. The van der Waals surface area contributed by atoms with Crippen molar-refractivity contribution in [3.63, 3.8) is 0 Å². The molecule has 0 aliphatic heterocycles. The molecule has 0 fully saturated rings. The van der Waals surface area contributed by atoms with Crippen molar-refractivity contribution in [3.8, 4) is 17.6 Å². The lowest BCUT2D eigenvalue weighted by Crippen LogP contribution is -1.94. The molecule has 1 N–H and O–H groups in total. The summed E-state index contributed by atoms with van der Waals surface area (Å²) in [5, 5.41) is 8.54. The van der Waals surface area contributed by atoms with Crippen molar-refractivity contribution in [3.05, 3.63) is 29.3 Å². The minimum Gasteiger partial charge on any atom is -0.494 e. The van der Waals surface area contributed by atoms with Crippen molar-refractivity contribution in [1.82, 2.24) is 0 Å². The van der Waals surface area contributed by atoms with Gasteiger partial charge in [-0.3, -0.25) is 0 Å². The first kappa shape index (κ1) is 10.6. The monoisotopic (exact) mass is 190 g/mol.